The molecule has 0 N–H and O–H groups in total. The fraction of sp³-hybridized carbons (Fsp3) is 0.357. The second-order valence-electron chi connectivity index (χ2n) is 4.59. The summed E-state index contributed by atoms with van der Waals surface area (Å²) in [5.41, 5.74) is 0.826. The van der Waals surface area contributed by atoms with Gasteiger partial charge in [0.15, 0.2) is 0 Å². The van der Waals surface area contributed by atoms with Gasteiger partial charge in [0.05, 0.1) is 5.56 Å². The Morgan fingerprint density at radius 3 is 3.11 bits per heavy atom. The average molecular weight is 280 g/mol. The van der Waals surface area contributed by atoms with E-state index in [2.05, 4.69) is 6.07 Å². The second-order valence-corrected chi connectivity index (χ2v) is 5.81. The molecule has 1 atom stereocenters. The second kappa shape index (κ2) is 4.90. The number of alkyl halides is 1. The number of fused-ring (bicyclic) bond motifs is 1. The van der Waals surface area contributed by atoms with Gasteiger partial charge in [0.2, 0.25) is 0 Å². The molecule has 1 amide bonds. The minimum atomic E-state index is 0.135. The number of rotatable bonds is 2. The van der Waals surface area contributed by atoms with E-state index in [9.17, 15) is 4.79 Å². The van der Waals surface area contributed by atoms with Crippen molar-refractivity contribution in [3.05, 3.63) is 35.2 Å². The maximum absolute atomic E-state index is 12.6. The number of hydrogen-bond acceptors (Lipinski definition) is 2. The van der Waals surface area contributed by atoms with Crippen LogP contribution in [0, 0.1) is 0 Å². The predicted molar refractivity (Wildman–Crippen MR) is 76.6 cm³/mol. The lowest BCUT2D eigenvalue weighted by Gasteiger charge is -2.22. The molecule has 1 fully saturated rings. The van der Waals surface area contributed by atoms with E-state index < -0.39 is 0 Å². The SMILES string of the molecule is O=C(c1csc2ccccc12)N1CCCC1CCl. The van der Waals surface area contributed by atoms with Crippen molar-refractivity contribution in [2.75, 3.05) is 12.4 Å². The maximum Gasteiger partial charge on any atom is 0.255 e. The molecule has 3 rings (SSSR count). The van der Waals surface area contributed by atoms with E-state index in [1.165, 1.54) is 4.70 Å². The number of thiophene rings is 1. The van der Waals surface area contributed by atoms with Gasteiger partial charge in [-0.2, -0.15) is 0 Å². The third kappa shape index (κ3) is 1.91. The van der Waals surface area contributed by atoms with Crippen molar-refractivity contribution in [2.24, 2.45) is 0 Å². The summed E-state index contributed by atoms with van der Waals surface area (Å²) in [5, 5.41) is 3.03. The fourth-order valence-corrected chi connectivity index (χ4v) is 3.82. The highest BCUT2D eigenvalue weighted by molar-refractivity contribution is 7.17. The summed E-state index contributed by atoms with van der Waals surface area (Å²) in [6.07, 6.45) is 2.09. The number of carbonyl (C=O) groups is 1. The van der Waals surface area contributed by atoms with Crippen molar-refractivity contribution in [3.63, 3.8) is 0 Å². The number of nitrogens with zero attached hydrogens (tertiary/aromatic N) is 1. The van der Waals surface area contributed by atoms with Crippen LogP contribution in [-0.2, 0) is 0 Å². The highest BCUT2D eigenvalue weighted by Gasteiger charge is 2.29. The first-order valence-corrected chi connectivity index (χ1v) is 7.56. The Labute approximate surface area is 115 Å². The van der Waals surface area contributed by atoms with Crippen LogP contribution in [-0.4, -0.2) is 29.3 Å². The smallest absolute Gasteiger partial charge is 0.255 e. The molecular formula is C14H14ClNOS. The Bertz CT molecular complexity index is 580. The lowest BCUT2D eigenvalue weighted by molar-refractivity contribution is 0.0751. The molecular weight excluding hydrogens is 266 g/mol. The first-order chi connectivity index (χ1) is 8.81. The van der Waals surface area contributed by atoms with Crippen LogP contribution in [0.1, 0.15) is 23.2 Å². The van der Waals surface area contributed by atoms with E-state index in [4.69, 9.17) is 11.6 Å². The minimum Gasteiger partial charge on any atom is -0.334 e. The van der Waals surface area contributed by atoms with E-state index in [0.717, 1.165) is 30.3 Å². The quantitative estimate of drug-likeness (QED) is 0.767. The van der Waals surface area contributed by atoms with Crippen LogP contribution in [0.25, 0.3) is 10.1 Å². The number of likely N-dealkylation sites (tertiary alicyclic amines) is 1. The summed E-state index contributed by atoms with van der Waals surface area (Å²) >= 11 is 7.56. The van der Waals surface area contributed by atoms with Gasteiger partial charge < -0.3 is 4.90 Å². The molecule has 1 aliphatic heterocycles. The van der Waals surface area contributed by atoms with Crippen LogP contribution in [0.3, 0.4) is 0 Å². The fourth-order valence-electron chi connectivity index (χ4n) is 2.56. The zero-order valence-corrected chi connectivity index (χ0v) is 11.5. The number of hydrogen-bond donors (Lipinski definition) is 0. The Morgan fingerprint density at radius 1 is 1.44 bits per heavy atom. The highest BCUT2D eigenvalue weighted by Crippen LogP contribution is 2.29. The molecule has 0 radical (unpaired) electrons. The lowest BCUT2D eigenvalue weighted by Crippen LogP contribution is -2.36. The Balaban J connectivity index is 1.97. The monoisotopic (exact) mass is 279 g/mol. The zero-order valence-electron chi connectivity index (χ0n) is 9.93. The van der Waals surface area contributed by atoms with Gasteiger partial charge in [-0.1, -0.05) is 18.2 Å². The molecule has 2 aromatic rings. The first kappa shape index (κ1) is 12.0. The van der Waals surface area contributed by atoms with Crippen LogP contribution in [0.5, 0.6) is 0 Å². The standard InChI is InChI=1S/C14H14ClNOS/c15-8-10-4-3-7-16(10)14(17)12-9-18-13-6-2-1-5-11(12)13/h1-2,5-6,9-10H,3-4,7-8H2. The molecule has 1 aromatic heterocycles. The van der Waals surface area contributed by atoms with E-state index in [1.54, 1.807) is 11.3 Å². The van der Waals surface area contributed by atoms with E-state index in [0.29, 0.717) is 5.88 Å². The summed E-state index contributed by atoms with van der Waals surface area (Å²) in [7, 11) is 0. The van der Waals surface area contributed by atoms with Gasteiger partial charge in [-0.15, -0.1) is 22.9 Å². The average Bonchev–Trinajstić information content (AvgIpc) is 3.04. The van der Waals surface area contributed by atoms with Crippen molar-refractivity contribution in [1.29, 1.82) is 0 Å². The number of carbonyl (C=O) groups excluding carboxylic acids is 1. The highest BCUT2D eigenvalue weighted by atomic mass is 35.5. The number of amides is 1. The third-order valence-electron chi connectivity index (χ3n) is 3.53. The van der Waals surface area contributed by atoms with Crippen molar-refractivity contribution in [2.45, 2.75) is 18.9 Å². The molecule has 1 aliphatic rings. The first-order valence-electron chi connectivity index (χ1n) is 6.14. The van der Waals surface area contributed by atoms with Gasteiger partial charge in [-0.05, 0) is 18.9 Å². The minimum absolute atomic E-state index is 0.135. The molecule has 0 spiro atoms. The van der Waals surface area contributed by atoms with Crippen LogP contribution < -0.4 is 0 Å². The van der Waals surface area contributed by atoms with Crippen LogP contribution in [0.4, 0.5) is 0 Å². The number of halogens is 1. The molecule has 2 nitrogen and oxygen atoms in total. The molecule has 1 saturated heterocycles. The summed E-state index contributed by atoms with van der Waals surface area (Å²) in [6, 6.07) is 8.27. The summed E-state index contributed by atoms with van der Waals surface area (Å²) < 4.78 is 1.17. The van der Waals surface area contributed by atoms with Crippen molar-refractivity contribution in [1.82, 2.24) is 4.90 Å². The molecule has 4 heteroatoms. The summed E-state index contributed by atoms with van der Waals surface area (Å²) in [4.78, 5) is 14.5. The van der Waals surface area contributed by atoms with Gasteiger partial charge in [0, 0.05) is 33.9 Å². The normalized spacial score (nSPS) is 19.6. The van der Waals surface area contributed by atoms with Gasteiger partial charge in [-0.25, -0.2) is 0 Å². The van der Waals surface area contributed by atoms with Crippen molar-refractivity contribution >= 4 is 38.9 Å². The molecule has 1 unspecified atom stereocenters. The lowest BCUT2D eigenvalue weighted by atomic mass is 10.1. The topological polar surface area (TPSA) is 20.3 Å². The summed E-state index contributed by atoms with van der Waals surface area (Å²) in [5.74, 6) is 0.670. The summed E-state index contributed by atoms with van der Waals surface area (Å²) in [6.45, 7) is 0.834. The Morgan fingerprint density at radius 2 is 2.28 bits per heavy atom. The molecule has 18 heavy (non-hydrogen) atoms. The number of benzene rings is 1. The third-order valence-corrected chi connectivity index (χ3v) is 4.85. The molecule has 0 saturated carbocycles. The predicted octanol–water partition coefficient (Wildman–Crippen LogP) is 3.74. The van der Waals surface area contributed by atoms with E-state index in [1.807, 2.05) is 28.5 Å². The maximum atomic E-state index is 12.6. The Kier molecular flexibility index (Phi) is 3.27. The Hall–Kier alpha value is -1.06. The molecule has 1 aromatic carbocycles. The largest absolute Gasteiger partial charge is 0.334 e. The van der Waals surface area contributed by atoms with Gasteiger partial charge in [-0.3, -0.25) is 4.79 Å². The molecule has 2 heterocycles. The van der Waals surface area contributed by atoms with Crippen LogP contribution >= 0.6 is 22.9 Å². The van der Waals surface area contributed by atoms with Crippen LogP contribution in [0.2, 0.25) is 0 Å². The van der Waals surface area contributed by atoms with Gasteiger partial charge in [0.25, 0.3) is 5.91 Å². The molecule has 0 bridgehead atoms. The molecule has 0 aliphatic carbocycles. The molecule has 94 valence electrons. The van der Waals surface area contributed by atoms with Gasteiger partial charge >= 0.3 is 0 Å². The van der Waals surface area contributed by atoms with Crippen LogP contribution in [0.15, 0.2) is 29.6 Å². The zero-order chi connectivity index (χ0) is 12.5. The van der Waals surface area contributed by atoms with E-state index >= 15 is 0 Å². The van der Waals surface area contributed by atoms with Crippen molar-refractivity contribution in [3.8, 4) is 0 Å². The van der Waals surface area contributed by atoms with Gasteiger partial charge in [0.1, 0.15) is 0 Å². The van der Waals surface area contributed by atoms with Crippen molar-refractivity contribution < 1.29 is 4.79 Å². The van der Waals surface area contributed by atoms with E-state index in [-0.39, 0.29) is 11.9 Å².